The van der Waals surface area contributed by atoms with Crippen molar-refractivity contribution in [1.29, 1.82) is 0 Å². The molecule has 2 N–H and O–H groups in total. The van der Waals surface area contributed by atoms with E-state index in [0.29, 0.717) is 29.1 Å². The zero-order valence-electron chi connectivity index (χ0n) is 18.5. The number of aromatic amines is 1. The van der Waals surface area contributed by atoms with E-state index in [0.717, 1.165) is 54.8 Å². The molecule has 0 aliphatic heterocycles. The third kappa shape index (κ3) is 5.67. The molecule has 4 rings (SSSR count). The lowest BCUT2D eigenvalue weighted by molar-refractivity contribution is 0.0948. The van der Waals surface area contributed by atoms with Crippen molar-refractivity contribution in [2.45, 2.75) is 38.5 Å². The summed E-state index contributed by atoms with van der Waals surface area (Å²) in [7, 11) is 0. The molecule has 6 heteroatoms. The Morgan fingerprint density at radius 2 is 1.97 bits per heavy atom. The molecule has 1 heterocycles. The van der Waals surface area contributed by atoms with Crippen LogP contribution in [0.1, 0.15) is 54.6 Å². The predicted octanol–water partition coefficient (Wildman–Crippen LogP) is 6.50. The molecule has 1 aromatic heterocycles. The molecule has 1 aliphatic rings. The first-order valence-electron chi connectivity index (χ1n) is 11.6. The topological polar surface area (TPSA) is 48.1 Å². The summed E-state index contributed by atoms with van der Waals surface area (Å²) in [5.74, 6) is 1.14. The molecule has 1 amide bonds. The second-order valence-electron chi connectivity index (χ2n) is 8.78. The summed E-state index contributed by atoms with van der Waals surface area (Å²) in [4.78, 5) is 18.2. The third-order valence-electron chi connectivity index (χ3n) is 6.30. The Bertz CT molecular complexity index is 1030. The van der Waals surface area contributed by atoms with E-state index in [9.17, 15) is 4.79 Å². The number of halogens is 2. The van der Waals surface area contributed by atoms with Gasteiger partial charge in [-0.3, -0.25) is 4.79 Å². The van der Waals surface area contributed by atoms with Crippen LogP contribution in [0.25, 0.3) is 10.9 Å². The Morgan fingerprint density at radius 3 is 2.78 bits per heavy atom. The van der Waals surface area contributed by atoms with Gasteiger partial charge in [0.05, 0.1) is 10.0 Å². The first-order valence-corrected chi connectivity index (χ1v) is 12.3. The summed E-state index contributed by atoms with van der Waals surface area (Å²) < 4.78 is 0. The van der Waals surface area contributed by atoms with Crippen LogP contribution in [0.4, 0.5) is 0 Å². The SMILES string of the molecule is CCCN(CCCCNC(=O)c1cc2ccccc2[nH]1)C[C@H]1C[C@@H]1c1cccc(Cl)c1Cl. The van der Waals surface area contributed by atoms with Crippen molar-refractivity contribution in [3.8, 4) is 0 Å². The minimum absolute atomic E-state index is 0.0363. The van der Waals surface area contributed by atoms with Gasteiger partial charge < -0.3 is 15.2 Å². The van der Waals surface area contributed by atoms with Gasteiger partial charge in [-0.15, -0.1) is 0 Å². The van der Waals surface area contributed by atoms with Gasteiger partial charge in [-0.05, 0) is 74.4 Å². The molecule has 0 spiro atoms. The van der Waals surface area contributed by atoms with E-state index in [4.69, 9.17) is 23.2 Å². The summed E-state index contributed by atoms with van der Waals surface area (Å²) in [5, 5.41) is 5.47. The number of hydrogen-bond donors (Lipinski definition) is 2. The van der Waals surface area contributed by atoms with E-state index in [-0.39, 0.29) is 5.91 Å². The fraction of sp³-hybridized carbons (Fsp3) is 0.423. The van der Waals surface area contributed by atoms with Crippen molar-refractivity contribution in [3.05, 3.63) is 69.8 Å². The monoisotopic (exact) mass is 471 g/mol. The smallest absolute Gasteiger partial charge is 0.267 e. The van der Waals surface area contributed by atoms with Crippen molar-refractivity contribution < 1.29 is 4.79 Å². The van der Waals surface area contributed by atoms with E-state index in [2.05, 4.69) is 28.2 Å². The number of fused-ring (bicyclic) bond motifs is 1. The molecule has 4 nitrogen and oxygen atoms in total. The molecule has 0 unspecified atom stereocenters. The number of nitrogens with zero attached hydrogens (tertiary/aromatic N) is 1. The number of aromatic nitrogens is 1. The molecule has 32 heavy (non-hydrogen) atoms. The summed E-state index contributed by atoms with van der Waals surface area (Å²) in [6.45, 7) is 6.18. The minimum atomic E-state index is -0.0363. The number of para-hydroxylation sites is 1. The van der Waals surface area contributed by atoms with Gasteiger partial charge in [0.1, 0.15) is 5.69 Å². The van der Waals surface area contributed by atoms with Crippen LogP contribution in [0.15, 0.2) is 48.5 Å². The van der Waals surface area contributed by atoms with Gasteiger partial charge in [0.15, 0.2) is 0 Å². The van der Waals surface area contributed by atoms with Gasteiger partial charge in [-0.2, -0.15) is 0 Å². The van der Waals surface area contributed by atoms with Gasteiger partial charge in [-0.25, -0.2) is 0 Å². The van der Waals surface area contributed by atoms with Crippen molar-refractivity contribution in [3.63, 3.8) is 0 Å². The summed E-state index contributed by atoms with van der Waals surface area (Å²) in [6.07, 6.45) is 4.37. The van der Waals surface area contributed by atoms with E-state index < -0.39 is 0 Å². The quantitative estimate of drug-likeness (QED) is 0.313. The van der Waals surface area contributed by atoms with E-state index in [1.165, 1.54) is 12.0 Å². The van der Waals surface area contributed by atoms with Crippen molar-refractivity contribution in [2.24, 2.45) is 5.92 Å². The standard InChI is InChI=1S/C26H31Cl2N3O/c1-2-13-31(17-19-15-21(19)20-9-7-10-22(27)25(20)28)14-6-5-12-29-26(32)24-16-18-8-3-4-11-23(18)30-24/h3-4,7-11,16,19,21,30H,2,5-6,12-15,17H2,1H3,(H,29,32)/t19-,21+/m1/s1. The Morgan fingerprint density at radius 1 is 1.12 bits per heavy atom. The number of unbranched alkanes of at least 4 members (excludes halogenated alkanes) is 1. The Hall–Kier alpha value is -2.01. The molecule has 2 atom stereocenters. The van der Waals surface area contributed by atoms with Crippen LogP contribution < -0.4 is 5.32 Å². The normalized spacial score (nSPS) is 17.8. The number of carbonyl (C=O) groups is 1. The first-order chi connectivity index (χ1) is 15.6. The fourth-order valence-corrected chi connectivity index (χ4v) is 4.98. The molecule has 0 radical (unpaired) electrons. The van der Waals surface area contributed by atoms with Gasteiger partial charge in [0.2, 0.25) is 0 Å². The average molecular weight is 472 g/mol. The first kappa shape index (κ1) is 23.2. The largest absolute Gasteiger partial charge is 0.351 e. The lowest BCUT2D eigenvalue weighted by Crippen LogP contribution is -2.30. The molecule has 2 aromatic carbocycles. The van der Waals surface area contributed by atoms with Crippen LogP contribution in [0.3, 0.4) is 0 Å². The molecular weight excluding hydrogens is 441 g/mol. The Labute approximate surface area is 200 Å². The number of benzene rings is 2. The highest BCUT2D eigenvalue weighted by Crippen LogP contribution is 2.50. The lowest BCUT2D eigenvalue weighted by Gasteiger charge is -2.22. The average Bonchev–Trinajstić information content (AvgIpc) is 3.40. The minimum Gasteiger partial charge on any atom is -0.351 e. The number of amides is 1. The summed E-state index contributed by atoms with van der Waals surface area (Å²) in [6, 6.07) is 15.8. The maximum atomic E-state index is 12.4. The number of carbonyl (C=O) groups excluding carboxylic acids is 1. The highest BCUT2D eigenvalue weighted by molar-refractivity contribution is 6.42. The highest BCUT2D eigenvalue weighted by atomic mass is 35.5. The highest BCUT2D eigenvalue weighted by Gasteiger charge is 2.40. The zero-order chi connectivity index (χ0) is 22.5. The van der Waals surface area contributed by atoms with Crippen LogP contribution >= 0.6 is 23.2 Å². The van der Waals surface area contributed by atoms with Crippen LogP contribution in [-0.2, 0) is 0 Å². The van der Waals surface area contributed by atoms with Gasteiger partial charge in [-0.1, -0.05) is 60.5 Å². The molecule has 0 bridgehead atoms. The van der Waals surface area contributed by atoms with Gasteiger partial charge in [0.25, 0.3) is 5.91 Å². The van der Waals surface area contributed by atoms with Crippen molar-refractivity contribution >= 4 is 40.0 Å². The molecule has 3 aromatic rings. The summed E-state index contributed by atoms with van der Waals surface area (Å²) in [5.41, 5.74) is 2.81. The lowest BCUT2D eigenvalue weighted by atomic mass is 10.1. The van der Waals surface area contributed by atoms with E-state index >= 15 is 0 Å². The fourth-order valence-electron chi connectivity index (χ4n) is 4.53. The van der Waals surface area contributed by atoms with Crippen LogP contribution in [0.2, 0.25) is 10.0 Å². The predicted molar refractivity (Wildman–Crippen MR) is 134 cm³/mol. The maximum Gasteiger partial charge on any atom is 0.267 e. The molecule has 170 valence electrons. The second kappa shape index (κ2) is 10.7. The molecular formula is C26H31Cl2N3O. The number of hydrogen-bond acceptors (Lipinski definition) is 2. The maximum absolute atomic E-state index is 12.4. The van der Waals surface area contributed by atoms with Gasteiger partial charge in [0, 0.05) is 24.0 Å². The molecule has 0 saturated heterocycles. The van der Waals surface area contributed by atoms with Crippen LogP contribution in [0, 0.1) is 5.92 Å². The van der Waals surface area contributed by atoms with E-state index in [1.807, 2.05) is 42.5 Å². The summed E-state index contributed by atoms with van der Waals surface area (Å²) >= 11 is 12.6. The van der Waals surface area contributed by atoms with Gasteiger partial charge >= 0.3 is 0 Å². The molecule has 1 aliphatic carbocycles. The molecule has 1 saturated carbocycles. The number of H-pyrrole nitrogens is 1. The number of rotatable bonds is 11. The second-order valence-corrected chi connectivity index (χ2v) is 9.56. The molecule has 1 fully saturated rings. The Balaban J connectivity index is 1.19. The van der Waals surface area contributed by atoms with Crippen molar-refractivity contribution in [1.82, 2.24) is 15.2 Å². The van der Waals surface area contributed by atoms with Crippen LogP contribution in [-0.4, -0.2) is 42.0 Å². The zero-order valence-corrected chi connectivity index (χ0v) is 20.1. The number of nitrogens with one attached hydrogen (secondary N) is 2. The third-order valence-corrected chi connectivity index (χ3v) is 7.13. The van der Waals surface area contributed by atoms with E-state index in [1.54, 1.807) is 0 Å². The Kier molecular flexibility index (Phi) is 7.77. The van der Waals surface area contributed by atoms with Crippen LogP contribution in [0.5, 0.6) is 0 Å². The van der Waals surface area contributed by atoms with Crippen molar-refractivity contribution in [2.75, 3.05) is 26.2 Å².